The second kappa shape index (κ2) is 5.42. The SMILES string of the molecule is Cc1nnc(-c2nc(-c3ccnc(C(C)(C)C)c3)cnc2N)o1. The average molecular weight is 310 g/mol. The quantitative estimate of drug-likeness (QED) is 0.776. The first kappa shape index (κ1) is 15.1. The average Bonchev–Trinajstić information content (AvgIpc) is 2.93. The van der Waals surface area contributed by atoms with Crippen LogP contribution in [0.25, 0.3) is 22.8 Å². The summed E-state index contributed by atoms with van der Waals surface area (Å²) >= 11 is 0. The van der Waals surface area contributed by atoms with Crippen LogP contribution in [-0.2, 0) is 5.41 Å². The van der Waals surface area contributed by atoms with Crippen molar-refractivity contribution >= 4 is 5.82 Å². The summed E-state index contributed by atoms with van der Waals surface area (Å²) in [5.41, 5.74) is 8.80. The number of nitrogens with zero attached hydrogens (tertiary/aromatic N) is 5. The van der Waals surface area contributed by atoms with Gasteiger partial charge in [-0.15, -0.1) is 10.2 Å². The van der Waals surface area contributed by atoms with Gasteiger partial charge in [0.25, 0.3) is 5.89 Å². The fourth-order valence-corrected chi connectivity index (χ4v) is 2.09. The molecular weight excluding hydrogens is 292 g/mol. The van der Waals surface area contributed by atoms with Gasteiger partial charge < -0.3 is 10.2 Å². The molecule has 0 amide bonds. The van der Waals surface area contributed by atoms with Crippen molar-refractivity contribution in [1.29, 1.82) is 0 Å². The molecule has 0 aliphatic carbocycles. The lowest BCUT2D eigenvalue weighted by molar-refractivity contribution is 0.531. The highest BCUT2D eigenvalue weighted by molar-refractivity contribution is 5.68. The van der Waals surface area contributed by atoms with Crippen LogP contribution in [0.5, 0.6) is 0 Å². The van der Waals surface area contributed by atoms with Crippen LogP contribution in [0.3, 0.4) is 0 Å². The maximum absolute atomic E-state index is 5.89. The van der Waals surface area contributed by atoms with Gasteiger partial charge in [-0.05, 0) is 12.1 Å². The highest BCUT2D eigenvalue weighted by Gasteiger charge is 2.18. The molecule has 0 aliphatic heterocycles. The second-order valence-electron chi connectivity index (χ2n) is 6.30. The molecule has 3 aromatic rings. The van der Waals surface area contributed by atoms with Crippen molar-refractivity contribution in [2.24, 2.45) is 0 Å². The molecule has 118 valence electrons. The molecule has 0 saturated heterocycles. The van der Waals surface area contributed by atoms with E-state index >= 15 is 0 Å². The Hall–Kier alpha value is -2.83. The topological polar surface area (TPSA) is 104 Å². The van der Waals surface area contributed by atoms with Gasteiger partial charge in [0.2, 0.25) is 5.89 Å². The molecule has 0 fully saturated rings. The van der Waals surface area contributed by atoms with Crippen LogP contribution < -0.4 is 5.73 Å². The lowest BCUT2D eigenvalue weighted by Gasteiger charge is -2.18. The van der Waals surface area contributed by atoms with E-state index in [9.17, 15) is 0 Å². The van der Waals surface area contributed by atoms with E-state index in [2.05, 4.69) is 45.9 Å². The zero-order valence-corrected chi connectivity index (χ0v) is 13.5. The van der Waals surface area contributed by atoms with Gasteiger partial charge in [-0.3, -0.25) is 4.98 Å². The van der Waals surface area contributed by atoms with E-state index in [0.717, 1.165) is 11.3 Å². The number of hydrogen-bond acceptors (Lipinski definition) is 7. The molecule has 7 heteroatoms. The van der Waals surface area contributed by atoms with Crippen LogP contribution in [0.4, 0.5) is 5.82 Å². The number of pyridine rings is 1. The van der Waals surface area contributed by atoms with Gasteiger partial charge in [-0.25, -0.2) is 9.97 Å². The molecule has 7 nitrogen and oxygen atoms in total. The van der Waals surface area contributed by atoms with Gasteiger partial charge >= 0.3 is 0 Å². The molecule has 0 saturated carbocycles. The lowest BCUT2D eigenvalue weighted by atomic mass is 9.90. The zero-order chi connectivity index (χ0) is 16.6. The minimum absolute atomic E-state index is 0.0519. The molecule has 23 heavy (non-hydrogen) atoms. The second-order valence-corrected chi connectivity index (χ2v) is 6.30. The summed E-state index contributed by atoms with van der Waals surface area (Å²) in [5, 5.41) is 7.76. The Balaban J connectivity index is 2.08. The molecule has 0 aromatic carbocycles. The third-order valence-electron chi connectivity index (χ3n) is 3.35. The third-order valence-corrected chi connectivity index (χ3v) is 3.35. The summed E-state index contributed by atoms with van der Waals surface area (Å²) in [4.78, 5) is 13.2. The molecule has 3 heterocycles. The predicted molar refractivity (Wildman–Crippen MR) is 86.4 cm³/mol. The maximum Gasteiger partial charge on any atom is 0.270 e. The molecule has 0 aliphatic rings. The number of hydrogen-bond donors (Lipinski definition) is 1. The Morgan fingerprint density at radius 2 is 1.91 bits per heavy atom. The summed E-state index contributed by atoms with van der Waals surface area (Å²) in [6.45, 7) is 8.05. The molecule has 2 N–H and O–H groups in total. The van der Waals surface area contributed by atoms with Crippen LogP contribution in [0, 0.1) is 6.92 Å². The highest BCUT2D eigenvalue weighted by atomic mass is 16.4. The number of anilines is 1. The molecule has 0 spiro atoms. The van der Waals surface area contributed by atoms with E-state index in [1.165, 1.54) is 0 Å². The minimum atomic E-state index is -0.0519. The standard InChI is InChI=1S/C16H18N6O/c1-9-21-22-15(23-9)13-14(17)19-8-11(20-13)10-5-6-18-12(7-10)16(2,3)4/h5-8H,1-4H3,(H2,17,19). The smallest absolute Gasteiger partial charge is 0.270 e. The Morgan fingerprint density at radius 1 is 1.13 bits per heavy atom. The van der Waals surface area contributed by atoms with Crippen LogP contribution in [0.1, 0.15) is 32.4 Å². The van der Waals surface area contributed by atoms with Gasteiger partial charge in [0.1, 0.15) is 0 Å². The Morgan fingerprint density at radius 3 is 2.57 bits per heavy atom. The van der Waals surface area contributed by atoms with Crippen LogP contribution >= 0.6 is 0 Å². The largest absolute Gasteiger partial charge is 0.420 e. The summed E-state index contributed by atoms with van der Waals surface area (Å²) < 4.78 is 5.40. The maximum atomic E-state index is 5.89. The monoisotopic (exact) mass is 310 g/mol. The fourth-order valence-electron chi connectivity index (χ4n) is 2.09. The van der Waals surface area contributed by atoms with Crippen LogP contribution in [-0.4, -0.2) is 25.1 Å². The number of rotatable bonds is 2. The van der Waals surface area contributed by atoms with Crippen molar-refractivity contribution < 1.29 is 4.42 Å². The van der Waals surface area contributed by atoms with Gasteiger partial charge in [-0.1, -0.05) is 20.8 Å². The van der Waals surface area contributed by atoms with Crippen LogP contribution in [0.15, 0.2) is 28.9 Å². The molecular formula is C16H18N6O. The number of aryl methyl sites for hydroxylation is 1. The molecule has 3 rings (SSSR count). The molecule has 0 unspecified atom stereocenters. The lowest BCUT2D eigenvalue weighted by Crippen LogP contribution is -2.13. The minimum Gasteiger partial charge on any atom is -0.420 e. The van der Waals surface area contributed by atoms with E-state index in [1.807, 2.05) is 12.1 Å². The fraction of sp³-hybridized carbons (Fsp3) is 0.312. The van der Waals surface area contributed by atoms with Gasteiger partial charge in [0.05, 0.1) is 11.9 Å². The molecule has 0 atom stereocenters. The van der Waals surface area contributed by atoms with E-state index in [1.54, 1.807) is 19.3 Å². The molecule has 0 radical (unpaired) electrons. The summed E-state index contributed by atoms with van der Waals surface area (Å²) in [6, 6.07) is 3.89. The van der Waals surface area contributed by atoms with Crippen molar-refractivity contribution in [2.75, 3.05) is 5.73 Å². The van der Waals surface area contributed by atoms with Crippen LogP contribution in [0.2, 0.25) is 0 Å². The first-order valence-corrected chi connectivity index (χ1v) is 7.24. The van der Waals surface area contributed by atoms with Gasteiger partial charge in [0, 0.05) is 29.8 Å². The number of nitrogen functional groups attached to an aromatic ring is 1. The van der Waals surface area contributed by atoms with Crippen molar-refractivity contribution in [2.45, 2.75) is 33.1 Å². The van der Waals surface area contributed by atoms with E-state index in [0.29, 0.717) is 17.3 Å². The highest BCUT2D eigenvalue weighted by Crippen LogP contribution is 2.27. The Kier molecular flexibility index (Phi) is 3.55. The summed E-state index contributed by atoms with van der Waals surface area (Å²) in [7, 11) is 0. The van der Waals surface area contributed by atoms with E-state index in [-0.39, 0.29) is 17.1 Å². The zero-order valence-electron chi connectivity index (χ0n) is 13.5. The molecule has 0 bridgehead atoms. The van der Waals surface area contributed by atoms with Gasteiger partial charge in [-0.2, -0.15) is 0 Å². The number of nitrogens with two attached hydrogens (primary N) is 1. The number of aromatic nitrogens is 5. The third kappa shape index (κ3) is 3.03. The van der Waals surface area contributed by atoms with Gasteiger partial charge in [0.15, 0.2) is 11.5 Å². The Bertz CT molecular complexity index is 850. The first-order chi connectivity index (χ1) is 10.8. The first-order valence-electron chi connectivity index (χ1n) is 7.24. The van der Waals surface area contributed by atoms with Crippen molar-refractivity contribution in [3.63, 3.8) is 0 Å². The van der Waals surface area contributed by atoms with Crippen molar-refractivity contribution in [3.05, 3.63) is 36.1 Å². The predicted octanol–water partition coefficient (Wildman–Crippen LogP) is 2.78. The van der Waals surface area contributed by atoms with E-state index < -0.39 is 0 Å². The Labute approximate surface area is 134 Å². The summed E-state index contributed by atoms with van der Waals surface area (Å²) in [6.07, 6.45) is 3.40. The van der Waals surface area contributed by atoms with Crippen molar-refractivity contribution in [3.8, 4) is 22.8 Å². The summed E-state index contributed by atoms with van der Waals surface area (Å²) in [5.74, 6) is 0.965. The normalized spacial score (nSPS) is 11.7. The van der Waals surface area contributed by atoms with E-state index in [4.69, 9.17) is 10.2 Å². The van der Waals surface area contributed by atoms with Crippen molar-refractivity contribution in [1.82, 2.24) is 25.1 Å². The molecule has 3 aromatic heterocycles.